The molecule has 0 saturated heterocycles. The molecule has 7 heteroatoms. The minimum Gasteiger partial charge on any atom is -0.350 e. The minimum atomic E-state index is -0.107. The fraction of sp³-hybridized carbons (Fsp3) is 0.176. The van der Waals surface area contributed by atoms with Crippen LogP contribution in [-0.2, 0) is 17.9 Å². The average molecular weight is 337 g/mol. The van der Waals surface area contributed by atoms with Crippen molar-refractivity contribution in [2.75, 3.05) is 0 Å². The van der Waals surface area contributed by atoms with Gasteiger partial charge in [0.25, 0.3) is 0 Å². The molecule has 0 aliphatic heterocycles. The normalized spacial score (nSPS) is 10.3. The van der Waals surface area contributed by atoms with Gasteiger partial charge >= 0.3 is 0 Å². The maximum absolute atomic E-state index is 12.2. The van der Waals surface area contributed by atoms with Crippen molar-refractivity contribution in [1.82, 2.24) is 20.1 Å². The molecular formula is C17H15N5OS. The number of nitrogens with one attached hydrogen (secondary N) is 1. The molecule has 2 aromatic heterocycles. The molecule has 0 aliphatic carbocycles. The summed E-state index contributed by atoms with van der Waals surface area (Å²) in [6, 6.07) is 13.1. The number of thiophene rings is 1. The Kier molecular flexibility index (Phi) is 4.68. The lowest BCUT2D eigenvalue weighted by Crippen LogP contribution is -2.27. The Morgan fingerprint density at radius 2 is 2.21 bits per heavy atom. The van der Waals surface area contributed by atoms with Gasteiger partial charge in [-0.1, -0.05) is 18.2 Å². The molecule has 2 heterocycles. The predicted molar refractivity (Wildman–Crippen MR) is 91.1 cm³/mol. The minimum absolute atomic E-state index is 0.107. The zero-order valence-corrected chi connectivity index (χ0v) is 13.9. The van der Waals surface area contributed by atoms with Crippen LogP contribution in [-0.4, -0.2) is 20.7 Å². The Balaban J connectivity index is 1.77. The lowest BCUT2D eigenvalue weighted by molar-refractivity contribution is -0.121. The van der Waals surface area contributed by atoms with Gasteiger partial charge in [-0.2, -0.15) is 5.26 Å². The molecule has 24 heavy (non-hydrogen) atoms. The summed E-state index contributed by atoms with van der Waals surface area (Å²) in [7, 11) is 0. The smallest absolute Gasteiger partial charge is 0.240 e. The Labute approximate surface area is 143 Å². The summed E-state index contributed by atoms with van der Waals surface area (Å²) in [5.74, 6) is 1.12. The zero-order chi connectivity index (χ0) is 16.9. The van der Waals surface area contributed by atoms with Crippen LogP contribution >= 0.6 is 11.3 Å². The first-order valence-electron chi connectivity index (χ1n) is 7.37. The summed E-state index contributed by atoms with van der Waals surface area (Å²) in [6.45, 7) is 2.45. The third-order valence-corrected chi connectivity index (χ3v) is 4.40. The van der Waals surface area contributed by atoms with Gasteiger partial charge in [0.1, 0.15) is 12.4 Å². The number of amides is 1. The van der Waals surface area contributed by atoms with E-state index < -0.39 is 0 Å². The molecule has 0 fully saturated rings. The molecule has 1 N–H and O–H groups in total. The topological polar surface area (TPSA) is 83.6 Å². The van der Waals surface area contributed by atoms with Crippen molar-refractivity contribution in [2.24, 2.45) is 0 Å². The molecule has 6 nitrogen and oxygen atoms in total. The molecule has 0 aliphatic rings. The molecule has 0 saturated carbocycles. The number of nitriles is 1. The van der Waals surface area contributed by atoms with E-state index >= 15 is 0 Å². The van der Waals surface area contributed by atoms with Gasteiger partial charge in [0.05, 0.1) is 18.2 Å². The number of aryl methyl sites for hydroxylation is 1. The molecule has 120 valence electrons. The Hall–Kier alpha value is -2.98. The van der Waals surface area contributed by atoms with Crippen LogP contribution in [0.3, 0.4) is 0 Å². The highest BCUT2D eigenvalue weighted by molar-refractivity contribution is 7.09. The molecule has 0 unspecified atom stereocenters. The second-order valence-electron chi connectivity index (χ2n) is 5.21. The van der Waals surface area contributed by atoms with Crippen LogP contribution in [0.1, 0.15) is 16.3 Å². The second kappa shape index (κ2) is 7.06. The van der Waals surface area contributed by atoms with Gasteiger partial charge < -0.3 is 9.88 Å². The Morgan fingerprint density at radius 3 is 2.96 bits per heavy atom. The van der Waals surface area contributed by atoms with Crippen LogP contribution in [0, 0.1) is 18.3 Å². The van der Waals surface area contributed by atoms with E-state index in [4.69, 9.17) is 5.26 Å². The number of nitrogens with zero attached hydrogens (tertiary/aromatic N) is 4. The van der Waals surface area contributed by atoms with Gasteiger partial charge in [0.15, 0.2) is 5.82 Å². The summed E-state index contributed by atoms with van der Waals surface area (Å²) in [5.41, 5.74) is 1.31. The van der Waals surface area contributed by atoms with E-state index in [2.05, 4.69) is 21.6 Å². The molecule has 0 bridgehead atoms. The van der Waals surface area contributed by atoms with E-state index in [1.54, 1.807) is 41.0 Å². The van der Waals surface area contributed by atoms with Crippen molar-refractivity contribution >= 4 is 17.2 Å². The van der Waals surface area contributed by atoms with Gasteiger partial charge in [-0.3, -0.25) is 4.79 Å². The summed E-state index contributed by atoms with van der Waals surface area (Å²) in [5, 5.41) is 22.1. The van der Waals surface area contributed by atoms with E-state index in [1.165, 1.54) is 0 Å². The van der Waals surface area contributed by atoms with E-state index in [1.807, 2.05) is 23.6 Å². The first-order chi connectivity index (χ1) is 11.7. The van der Waals surface area contributed by atoms with Crippen LogP contribution in [0.4, 0.5) is 0 Å². The molecule has 0 radical (unpaired) electrons. The maximum atomic E-state index is 12.2. The highest BCUT2D eigenvalue weighted by Gasteiger charge is 2.14. The van der Waals surface area contributed by atoms with Crippen LogP contribution in [0.25, 0.3) is 11.4 Å². The fourth-order valence-electron chi connectivity index (χ4n) is 2.31. The van der Waals surface area contributed by atoms with Crippen molar-refractivity contribution < 1.29 is 4.79 Å². The molecular weight excluding hydrogens is 322 g/mol. The number of carbonyl (C=O) groups excluding carboxylic acids is 1. The van der Waals surface area contributed by atoms with Crippen molar-refractivity contribution in [2.45, 2.75) is 20.0 Å². The standard InChI is InChI=1S/C17H15N5OS/c1-12-20-21-17(14-5-2-4-13(8-14)9-18)22(12)11-16(23)19-10-15-6-3-7-24-15/h2-8H,10-11H2,1H3,(H,19,23). The first kappa shape index (κ1) is 15.9. The predicted octanol–water partition coefficient (Wildman–Crippen LogP) is 2.50. The zero-order valence-electron chi connectivity index (χ0n) is 13.1. The van der Waals surface area contributed by atoms with Gasteiger partial charge in [0, 0.05) is 10.4 Å². The van der Waals surface area contributed by atoms with Crippen LogP contribution < -0.4 is 5.32 Å². The molecule has 0 atom stereocenters. The highest BCUT2D eigenvalue weighted by Crippen LogP contribution is 2.19. The lowest BCUT2D eigenvalue weighted by Gasteiger charge is -2.09. The van der Waals surface area contributed by atoms with E-state index in [-0.39, 0.29) is 12.5 Å². The molecule has 0 spiro atoms. The van der Waals surface area contributed by atoms with Crippen molar-refractivity contribution in [3.8, 4) is 17.5 Å². The molecule has 3 rings (SSSR count). The average Bonchev–Trinajstić information content (AvgIpc) is 3.24. The van der Waals surface area contributed by atoms with Crippen molar-refractivity contribution in [3.63, 3.8) is 0 Å². The fourth-order valence-corrected chi connectivity index (χ4v) is 2.95. The summed E-state index contributed by atoms with van der Waals surface area (Å²) in [6.07, 6.45) is 0. The summed E-state index contributed by atoms with van der Waals surface area (Å²) < 4.78 is 1.75. The summed E-state index contributed by atoms with van der Waals surface area (Å²) in [4.78, 5) is 13.3. The maximum Gasteiger partial charge on any atom is 0.240 e. The van der Waals surface area contributed by atoms with Gasteiger partial charge in [0.2, 0.25) is 5.91 Å². The van der Waals surface area contributed by atoms with Crippen LogP contribution in [0.2, 0.25) is 0 Å². The number of hydrogen-bond acceptors (Lipinski definition) is 5. The van der Waals surface area contributed by atoms with Crippen molar-refractivity contribution in [3.05, 3.63) is 58.0 Å². The summed E-state index contributed by atoms with van der Waals surface area (Å²) >= 11 is 1.60. The third kappa shape index (κ3) is 3.50. The van der Waals surface area contributed by atoms with Gasteiger partial charge in [-0.15, -0.1) is 21.5 Å². The largest absolute Gasteiger partial charge is 0.350 e. The monoisotopic (exact) mass is 337 g/mol. The number of aromatic nitrogens is 3. The van der Waals surface area contributed by atoms with E-state index in [9.17, 15) is 4.79 Å². The van der Waals surface area contributed by atoms with Crippen molar-refractivity contribution in [1.29, 1.82) is 5.26 Å². The number of carbonyl (C=O) groups is 1. The van der Waals surface area contributed by atoms with Gasteiger partial charge in [-0.25, -0.2) is 0 Å². The molecule has 3 aromatic rings. The van der Waals surface area contributed by atoms with Crippen LogP contribution in [0.5, 0.6) is 0 Å². The third-order valence-electron chi connectivity index (χ3n) is 3.53. The molecule has 1 aromatic carbocycles. The number of rotatable bonds is 5. The quantitative estimate of drug-likeness (QED) is 0.775. The lowest BCUT2D eigenvalue weighted by atomic mass is 10.1. The van der Waals surface area contributed by atoms with E-state index in [0.29, 0.717) is 23.8 Å². The van der Waals surface area contributed by atoms with E-state index in [0.717, 1.165) is 10.4 Å². The Bertz CT molecular complexity index is 892. The highest BCUT2D eigenvalue weighted by atomic mass is 32.1. The SMILES string of the molecule is Cc1nnc(-c2cccc(C#N)c2)n1CC(=O)NCc1cccs1. The van der Waals surface area contributed by atoms with Crippen LogP contribution in [0.15, 0.2) is 41.8 Å². The van der Waals surface area contributed by atoms with Gasteiger partial charge in [-0.05, 0) is 30.5 Å². The first-order valence-corrected chi connectivity index (χ1v) is 8.25. The number of hydrogen-bond donors (Lipinski definition) is 1. The molecule has 1 amide bonds. The number of benzene rings is 1. The second-order valence-corrected chi connectivity index (χ2v) is 6.24. The Morgan fingerprint density at radius 1 is 1.33 bits per heavy atom.